The Morgan fingerprint density at radius 2 is 2.05 bits per heavy atom. The van der Waals surface area contributed by atoms with Crippen LogP contribution in [0.3, 0.4) is 0 Å². The molecule has 112 valence electrons. The molecule has 0 bridgehead atoms. The summed E-state index contributed by atoms with van der Waals surface area (Å²) in [6.45, 7) is 0.191. The molecule has 3 aromatic rings. The minimum Gasteiger partial charge on any atom is -0.350 e. The third-order valence-electron chi connectivity index (χ3n) is 3.73. The van der Waals surface area contributed by atoms with Gasteiger partial charge in [-0.15, -0.1) is 0 Å². The molecule has 2 heterocycles. The molecule has 1 aromatic carbocycles. The van der Waals surface area contributed by atoms with Crippen molar-refractivity contribution in [2.75, 3.05) is 5.32 Å². The molecule has 0 amide bonds. The van der Waals surface area contributed by atoms with Gasteiger partial charge in [0.25, 0.3) is 0 Å². The molecule has 1 saturated carbocycles. The first-order chi connectivity index (χ1) is 10.7. The van der Waals surface area contributed by atoms with Gasteiger partial charge >= 0.3 is 0 Å². The van der Waals surface area contributed by atoms with Crippen molar-refractivity contribution in [2.45, 2.75) is 25.3 Å². The molecule has 0 aliphatic heterocycles. The van der Waals surface area contributed by atoms with Crippen LogP contribution in [0.4, 0.5) is 14.7 Å². The lowest BCUT2D eigenvalue weighted by molar-refractivity contribution is 0.573. The highest BCUT2D eigenvalue weighted by Crippen LogP contribution is 2.39. The van der Waals surface area contributed by atoms with Crippen molar-refractivity contribution in [2.24, 2.45) is 0 Å². The summed E-state index contributed by atoms with van der Waals surface area (Å²) in [6.07, 6.45) is 3.75. The van der Waals surface area contributed by atoms with Crippen molar-refractivity contribution in [1.82, 2.24) is 19.6 Å². The van der Waals surface area contributed by atoms with Gasteiger partial charge in [-0.05, 0) is 18.9 Å². The molecule has 0 spiro atoms. The Labute approximate surface area is 125 Å². The fraction of sp³-hybridized carbons (Fsp3) is 0.267. The molecular formula is C15H13F2N5. The molecule has 1 N–H and O–H groups in total. The van der Waals surface area contributed by atoms with Crippen LogP contribution >= 0.6 is 0 Å². The topological polar surface area (TPSA) is 55.1 Å². The number of aromatic nitrogens is 4. The van der Waals surface area contributed by atoms with E-state index in [0.29, 0.717) is 23.1 Å². The number of fused-ring (bicyclic) bond motifs is 1. The minimum absolute atomic E-state index is 0.191. The zero-order valence-electron chi connectivity index (χ0n) is 11.6. The molecular weight excluding hydrogens is 288 g/mol. The molecule has 2 aromatic heterocycles. The molecule has 0 unspecified atom stereocenters. The van der Waals surface area contributed by atoms with Crippen LogP contribution in [0, 0.1) is 11.6 Å². The molecule has 0 radical (unpaired) electrons. The second-order valence-electron chi connectivity index (χ2n) is 5.40. The highest BCUT2D eigenvalue weighted by molar-refractivity contribution is 5.46. The number of anilines is 1. The maximum Gasteiger partial charge on any atom is 0.227 e. The predicted octanol–water partition coefficient (Wildman–Crippen LogP) is 2.89. The number of hydrogen-bond donors (Lipinski definition) is 1. The lowest BCUT2D eigenvalue weighted by Gasteiger charge is -2.07. The van der Waals surface area contributed by atoms with E-state index >= 15 is 0 Å². The molecule has 7 heteroatoms. The van der Waals surface area contributed by atoms with Crippen LogP contribution in [0.25, 0.3) is 5.65 Å². The van der Waals surface area contributed by atoms with Crippen molar-refractivity contribution in [3.63, 3.8) is 0 Å². The van der Waals surface area contributed by atoms with E-state index in [0.717, 1.165) is 24.6 Å². The lowest BCUT2D eigenvalue weighted by atomic mass is 10.2. The third kappa shape index (κ3) is 2.38. The quantitative estimate of drug-likeness (QED) is 0.805. The number of rotatable bonds is 4. The van der Waals surface area contributed by atoms with Crippen LogP contribution in [0.15, 0.2) is 30.6 Å². The zero-order valence-corrected chi connectivity index (χ0v) is 11.6. The predicted molar refractivity (Wildman–Crippen MR) is 76.4 cm³/mol. The van der Waals surface area contributed by atoms with Crippen molar-refractivity contribution < 1.29 is 8.78 Å². The van der Waals surface area contributed by atoms with Crippen molar-refractivity contribution in [3.05, 3.63) is 53.5 Å². The van der Waals surface area contributed by atoms with E-state index in [9.17, 15) is 8.78 Å². The van der Waals surface area contributed by atoms with Crippen molar-refractivity contribution in [3.8, 4) is 0 Å². The molecule has 1 fully saturated rings. The summed E-state index contributed by atoms with van der Waals surface area (Å²) in [5.74, 6) is -0.173. The summed E-state index contributed by atoms with van der Waals surface area (Å²) >= 11 is 0. The van der Waals surface area contributed by atoms with E-state index in [2.05, 4.69) is 20.4 Å². The van der Waals surface area contributed by atoms with Crippen LogP contribution in [0.1, 0.15) is 30.0 Å². The fourth-order valence-electron chi connectivity index (χ4n) is 2.37. The van der Waals surface area contributed by atoms with Gasteiger partial charge < -0.3 is 5.32 Å². The first-order valence-corrected chi connectivity index (χ1v) is 7.09. The van der Waals surface area contributed by atoms with E-state index in [1.54, 1.807) is 4.52 Å². The summed E-state index contributed by atoms with van der Waals surface area (Å²) in [4.78, 5) is 8.33. The second kappa shape index (κ2) is 5.01. The summed E-state index contributed by atoms with van der Waals surface area (Å²) < 4.78 is 28.2. The molecule has 5 nitrogen and oxygen atoms in total. The summed E-state index contributed by atoms with van der Waals surface area (Å²) in [7, 11) is 0. The number of nitrogens with one attached hydrogen (secondary N) is 1. The lowest BCUT2D eigenvalue weighted by Crippen LogP contribution is -2.09. The molecule has 1 aliphatic rings. The first-order valence-electron chi connectivity index (χ1n) is 7.09. The molecule has 1 aliphatic carbocycles. The highest BCUT2D eigenvalue weighted by atomic mass is 19.1. The third-order valence-corrected chi connectivity index (χ3v) is 3.73. The van der Waals surface area contributed by atoms with Gasteiger partial charge in [0.05, 0.1) is 5.69 Å². The number of hydrogen-bond acceptors (Lipinski definition) is 4. The van der Waals surface area contributed by atoms with Crippen LogP contribution in [0.2, 0.25) is 0 Å². The van der Waals surface area contributed by atoms with Crippen LogP contribution in [-0.2, 0) is 6.54 Å². The summed E-state index contributed by atoms with van der Waals surface area (Å²) in [6, 6.07) is 5.46. The smallest absolute Gasteiger partial charge is 0.227 e. The molecule has 4 rings (SSSR count). The standard InChI is InChI=1S/C15H13F2N5/c16-11-4-3-10(12(17)5-11)7-18-15-20-8-19-14-6-13(9-1-2-9)21-22(14)15/h3-6,8-9H,1-2,7H2,(H,18,19,20). The van der Waals surface area contributed by atoms with Gasteiger partial charge in [-0.3, -0.25) is 0 Å². The first kappa shape index (κ1) is 13.1. The fourth-order valence-corrected chi connectivity index (χ4v) is 2.37. The monoisotopic (exact) mass is 301 g/mol. The average molecular weight is 301 g/mol. The molecule has 0 atom stereocenters. The van der Waals surface area contributed by atoms with Crippen LogP contribution in [-0.4, -0.2) is 19.6 Å². The molecule has 22 heavy (non-hydrogen) atoms. The Hall–Kier alpha value is -2.57. The van der Waals surface area contributed by atoms with E-state index in [1.165, 1.54) is 18.5 Å². The van der Waals surface area contributed by atoms with Crippen LogP contribution in [0.5, 0.6) is 0 Å². The summed E-state index contributed by atoms with van der Waals surface area (Å²) in [5.41, 5.74) is 2.08. The van der Waals surface area contributed by atoms with Gasteiger partial charge in [-0.1, -0.05) is 6.07 Å². The maximum absolute atomic E-state index is 13.7. The van der Waals surface area contributed by atoms with E-state index in [1.807, 2.05) is 6.07 Å². The van der Waals surface area contributed by atoms with Crippen molar-refractivity contribution >= 4 is 11.6 Å². The SMILES string of the molecule is Fc1ccc(CNc2ncnc3cc(C4CC4)nn23)c(F)c1. The second-order valence-corrected chi connectivity index (χ2v) is 5.40. The molecule has 0 saturated heterocycles. The van der Waals surface area contributed by atoms with Gasteiger partial charge in [0, 0.05) is 30.2 Å². The van der Waals surface area contributed by atoms with Gasteiger partial charge in [0.2, 0.25) is 5.95 Å². The number of nitrogens with zero attached hydrogens (tertiary/aromatic N) is 4. The Morgan fingerprint density at radius 3 is 2.82 bits per heavy atom. The van der Waals surface area contributed by atoms with Crippen molar-refractivity contribution in [1.29, 1.82) is 0 Å². The average Bonchev–Trinajstić information content (AvgIpc) is 3.25. The Morgan fingerprint density at radius 1 is 1.18 bits per heavy atom. The van der Waals surface area contributed by atoms with Gasteiger partial charge in [-0.25, -0.2) is 18.7 Å². The Kier molecular flexibility index (Phi) is 2.99. The van der Waals surface area contributed by atoms with E-state index in [4.69, 9.17) is 0 Å². The van der Waals surface area contributed by atoms with E-state index in [-0.39, 0.29) is 6.54 Å². The highest BCUT2D eigenvalue weighted by Gasteiger charge is 2.27. The number of halogens is 2. The normalized spacial score (nSPS) is 14.5. The Bertz CT molecular complexity index is 841. The van der Waals surface area contributed by atoms with Gasteiger partial charge in [-0.2, -0.15) is 9.61 Å². The van der Waals surface area contributed by atoms with E-state index < -0.39 is 11.6 Å². The van der Waals surface area contributed by atoms with Crippen LogP contribution < -0.4 is 5.32 Å². The maximum atomic E-state index is 13.7. The minimum atomic E-state index is -0.591. The van der Waals surface area contributed by atoms with Gasteiger partial charge in [0.1, 0.15) is 18.0 Å². The van der Waals surface area contributed by atoms with Gasteiger partial charge in [0.15, 0.2) is 5.65 Å². The number of benzene rings is 1. The largest absolute Gasteiger partial charge is 0.350 e. The zero-order chi connectivity index (χ0) is 15.1. The Balaban J connectivity index is 1.60. The summed E-state index contributed by atoms with van der Waals surface area (Å²) in [5, 5.41) is 7.52.